The van der Waals surface area contributed by atoms with Crippen LogP contribution in [0.15, 0.2) is 12.3 Å². The zero-order chi connectivity index (χ0) is 17.7. The fraction of sp³-hybridized carbons (Fsp3) is 0.647. The molecule has 0 unspecified atom stereocenters. The number of H-pyrrole nitrogens is 1. The third-order valence-corrected chi connectivity index (χ3v) is 4.11. The molecule has 0 aromatic carbocycles. The van der Waals surface area contributed by atoms with Crippen molar-refractivity contribution in [1.29, 1.82) is 0 Å². The van der Waals surface area contributed by atoms with Crippen LogP contribution in [-0.4, -0.2) is 47.3 Å². The quantitative estimate of drug-likeness (QED) is 0.835. The number of rotatable bonds is 6. The Morgan fingerprint density at radius 2 is 2.12 bits per heavy atom. The van der Waals surface area contributed by atoms with Crippen molar-refractivity contribution < 1.29 is 18.4 Å². The number of amides is 2. The van der Waals surface area contributed by atoms with Gasteiger partial charge >= 0.3 is 0 Å². The molecule has 1 aliphatic rings. The van der Waals surface area contributed by atoms with Gasteiger partial charge in [0.05, 0.1) is 6.54 Å². The summed E-state index contributed by atoms with van der Waals surface area (Å²) < 4.78 is 24.6. The number of hydrogen-bond acceptors (Lipinski definition) is 2. The van der Waals surface area contributed by atoms with E-state index in [4.69, 9.17) is 0 Å². The van der Waals surface area contributed by atoms with Gasteiger partial charge in [0.2, 0.25) is 5.91 Å². The van der Waals surface area contributed by atoms with Crippen molar-refractivity contribution in [3.8, 4) is 0 Å². The zero-order valence-corrected chi connectivity index (χ0v) is 14.1. The van der Waals surface area contributed by atoms with E-state index in [0.717, 1.165) is 24.8 Å². The minimum Gasteiger partial charge on any atom is -0.357 e. The van der Waals surface area contributed by atoms with Crippen molar-refractivity contribution in [2.24, 2.45) is 5.92 Å². The molecule has 0 saturated carbocycles. The van der Waals surface area contributed by atoms with Crippen LogP contribution in [-0.2, 0) is 11.2 Å². The van der Waals surface area contributed by atoms with Crippen LogP contribution in [0.4, 0.5) is 8.78 Å². The highest BCUT2D eigenvalue weighted by Crippen LogP contribution is 2.20. The van der Waals surface area contributed by atoms with Gasteiger partial charge in [0.25, 0.3) is 12.3 Å². The number of nitrogens with one attached hydrogen (secondary N) is 2. The summed E-state index contributed by atoms with van der Waals surface area (Å²) in [7, 11) is 0. The summed E-state index contributed by atoms with van der Waals surface area (Å²) in [5.74, 6) is -0.272. The number of aromatic amines is 1. The largest absolute Gasteiger partial charge is 0.357 e. The first-order valence-corrected chi connectivity index (χ1v) is 8.42. The smallest absolute Gasteiger partial charge is 0.270 e. The maximum atomic E-state index is 12.7. The number of aromatic nitrogens is 1. The van der Waals surface area contributed by atoms with E-state index in [9.17, 15) is 18.4 Å². The molecule has 24 heavy (non-hydrogen) atoms. The summed E-state index contributed by atoms with van der Waals surface area (Å²) in [6.45, 7) is 3.98. The summed E-state index contributed by atoms with van der Waals surface area (Å²) in [6.07, 6.45) is 2.19. The first-order valence-electron chi connectivity index (χ1n) is 8.42. The molecule has 1 aromatic heterocycles. The van der Waals surface area contributed by atoms with Crippen LogP contribution in [0.25, 0.3) is 0 Å². The SMILES string of the molecule is CC(C)Cc1c[nH]c(C(=O)N2CCCC[C@H]2C(=O)NCC(F)F)c1. The number of hydrogen-bond donors (Lipinski definition) is 2. The van der Waals surface area contributed by atoms with Gasteiger partial charge in [-0.15, -0.1) is 0 Å². The summed E-state index contributed by atoms with van der Waals surface area (Å²) in [5, 5.41) is 2.23. The average molecular weight is 341 g/mol. The number of halogens is 2. The molecule has 1 fully saturated rings. The fourth-order valence-corrected chi connectivity index (χ4v) is 3.05. The number of likely N-dealkylation sites (tertiary alicyclic amines) is 1. The normalized spacial score (nSPS) is 18.2. The summed E-state index contributed by atoms with van der Waals surface area (Å²) in [4.78, 5) is 29.3. The van der Waals surface area contributed by atoms with Crippen LogP contribution in [0.3, 0.4) is 0 Å². The predicted molar refractivity (Wildman–Crippen MR) is 87.0 cm³/mol. The maximum Gasteiger partial charge on any atom is 0.270 e. The van der Waals surface area contributed by atoms with Gasteiger partial charge in [-0.25, -0.2) is 8.78 Å². The number of piperidine rings is 1. The Labute approximate surface area is 140 Å². The molecule has 134 valence electrons. The lowest BCUT2D eigenvalue weighted by atomic mass is 10.0. The van der Waals surface area contributed by atoms with Crippen molar-refractivity contribution in [2.45, 2.75) is 52.0 Å². The first-order chi connectivity index (χ1) is 11.4. The summed E-state index contributed by atoms with van der Waals surface area (Å²) in [6, 6.07) is 1.13. The van der Waals surface area contributed by atoms with Crippen molar-refractivity contribution >= 4 is 11.8 Å². The average Bonchev–Trinajstić information content (AvgIpc) is 2.99. The minimum atomic E-state index is -2.59. The highest BCUT2D eigenvalue weighted by Gasteiger charge is 2.33. The van der Waals surface area contributed by atoms with E-state index in [2.05, 4.69) is 24.1 Å². The van der Waals surface area contributed by atoms with Gasteiger partial charge in [-0.3, -0.25) is 9.59 Å². The van der Waals surface area contributed by atoms with Crippen molar-refractivity contribution in [3.63, 3.8) is 0 Å². The van der Waals surface area contributed by atoms with Gasteiger partial charge in [-0.2, -0.15) is 0 Å². The second-order valence-corrected chi connectivity index (χ2v) is 6.67. The van der Waals surface area contributed by atoms with Crippen LogP contribution in [0.2, 0.25) is 0 Å². The molecule has 0 spiro atoms. The molecule has 5 nitrogen and oxygen atoms in total. The van der Waals surface area contributed by atoms with Crippen LogP contribution in [0.1, 0.15) is 49.2 Å². The molecule has 7 heteroatoms. The van der Waals surface area contributed by atoms with E-state index in [0.29, 0.717) is 24.6 Å². The van der Waals surface area contributed by atoms with Crippen LogP contribution in [0, 0.1) is 5.92 Å². The van der Waals surface area contributed by atoms with Gasteiger partial charge in [-0.05, 0) is 43.2 Å². The van der Waals surface area contributed by atoms with Gasteiger partial charge in [0.1, 0.15) is 11.7 Å². The fourth-order valence-electron chi connectivity index (χ4n) is 3.05. The van der Waals surface area contributed by atoms with Crippen molar-refractivity contribution in [1.82, 2.24) is 15.2 Å². The number of alkyl halides is 2. The molecule has 2 N–H and O–H groups in total. The lowest BCUT2D eigenvalue weighted by Crippen LogP contribution is -2.52. The van der Waals surface area contributed by atoms with Gasteiger partial charge < -0.3 is 15.2 Å². The summed E-state index contributed by atoms with van der Waals surface area (Å²) >= 11 is 0. The third kappa shape index (κ3) is 4.79. The van der Waals surface area contributed by atoms with E-state index in [1.807, 2.05) is 12.3 Å². The zero-order valence-electron chi connectivity index (χ0n) is 14.1. The number of carbonyl (C=O) groups is 2. The van der Waals surface area contributed by atoms with Gasteiger partial charge in [0.15, 0.2) is 0 Å². The van der Waals surface area contributed by atoms with E-state index in [1.165, 1.54) is 4.90 Å². The van der Waals surface area contributed by atoms with E-state index >= 15 is 0 Å². The monoisotopic (exact) mass is 341 g/mol. The van der Waals surface area contributed by atoms with E-state index in [-0.39, 0.29) is 5.91 Å². The van der Waals surface area contributed by atoms with E-state index in [1.54, 1.807) is 0 Å². The molecule has 1 atom stereocenters. The first kappa shape index (κ1) is 18.4. The summed E-state index contributed by atoms with van der Waals surface area (Å²) in [5.41, 5.74) is 1.49. The molecule has 1 aliphatic heterocycles. The van der Waals surface area contributed by atoms with Crippen molar-refractivity contribution in [2.75, 3.05) is 13.1 Å². The Kier molecular flexibility index (Phi) is 6.34. The Morgan fingerprint density at radius 3 is 2.79 bits per heavy atom. The van der Waals surface area contributed by atoms with E-state index < -0.39 is 24.9 Å². The Balaban J connectivity index is 2.07. The molecular weight excluding hydrogens is 316 g/mol. The minimum absolute atomic E-state index is 0.248. The predicted octanol–water partition coefficient (Wildman–Crippen LogP) is 2.59. The molecule has 1 saturated heterocycles. The molecule has 2 heterocycles. The molecule has 2 rings (SSSR count). The molecular formula is C17H25F2N3O2. The Hall–Kier alpha value is -1.92. The molecule has 0 radical (unpaired) electrons. The molecule has 0 bridgehead atoms. The maximum absolute atomic E-state index is 12.7. The molecule has 2 amide bonds. The number of nitrogens with zero attached hydrogens (tertiary/aromatic N) is 1. The molecule has 0 aliphatic carbocycles. The second-order valence-electron chi connectivity index (χ2n) is 6.67. The van der Waals surface area contributed by atoms with Gasteiger partial charge in [0, 0.05) is 12.7 Å². The molecule has 1 aromatic rings. The highest BCUT2D eigenvalue weighted by atomic mass is 19.3. The second kappa shape index (κ2) is 8.26. The topological polar surface area (TPSA) is 65.2 Å². The lowest BCUT2D eigenvalue weighted by Gasteiger charge is -2.34. The van der Waals surface area contributed by atoms with Crippen LogP contribution < -0.4 is 5.32 Å². The number of carbonyl (C=O) groups excluding carboxylic acids is 2. The lowest BCUT2D eigenvalue weighted by molar-refractivity contribution is -0.127. The highest BCUT2D eigenvalue weighted by molar-refractivity contribution is 5.96. The van der Waals surface area contributed by atoms with Crippen LogP contribution >= 0.6 is 0 Å². The Morgan fingerprint density at radius 1 is 1.38 bits per heavy atom. The third-order valence-electron chi connectivity index (χ3n) is 4.11. The standard InChI is InChI=1S/C17H25F2N3O2/c1-11(2)7-12-8-13(20-9-12)17(24)22-6-4-3-5-14(22)16(23)21-10-15(18)19/h8-9,11,14-15,20H,3-7,10H2,1-2H3,(H,21,23)/t14-/m0/s1. The van der Waals surface area contributed by atoms with Crippen LogP contribution in [0.5, 0.6) is 0 Å². The van der Waals surface area contributed by atoms with Crippen molar-refractivity contribution in [3.05, 3.63) is 23.5 Å². The Bertz CT molecular complexity index is 572. The van der Waals surface area contributed by atoms with Gasteiger partial charge in [-0.1, -0.05) is 13.8 Å².